The number of amides is 1. The number of hydrazone groups is 1. The van der Waals surface area contributed by atoms with E-state index in [-0.39, 0.29) is 5.91 Å². The van der Waals surface area contributed by atoms with E-state index in [1.165, 1.54) is 0 Å². The Morgan fingerprint density at radius 2 is 2.29 bits per heavy atom. The van der Waals surface area contributed by atoms with Gasteiger partial charge in [0.05, 0.1) is 6.21 Å². The highest BCUT2D eigenvalue weighted by atomic mass is 35.5. The molecule has 0 aliphatic heterocycles. The van der Waals surface area contributed by atoms with Gasteiger partial charge in [-0.05, 0) is 35.0 Å². The summed E-state index contributed by atoms with van der Waals surface area (Å²) >= 11 is 7.36. The molecule has 0 unspecified atom stereocenters. The maximum Gasteiger partial charge on any atom is 0.271 e. The van der Waals surface area contributed by atoms with Crippen molar-refractivity contribution in [1.82, 2.24) is 5.43 Å². The number of nitrogens with one attached hydrogen (secondary N) is 1. The van der Waals surface area contributed by atoms with E-state index in [0.717, 1.165) is 5.56 Å². The number of hydrogen-bond donors (Lipinski definition) is 1. The van der Waals surface area contributed by atoms with Crippen LogP contribution in [0.5, 0.6) is 0 Å². The van der Waals surface area contributed by atoms with Crippen LogP contribution in [0, 0.1) is 0 Å². The molecule has 0 saturated carbocycles. The fourth-order valence-electron chi connectivity index (χ4n) is 1.21. The minimum Gasteiger partial charge on any atom is -0.267 e. The van der Waals surface area contributed by atoms with Crippen molar-refractivity contribution in [3.63, 3.8) is 0 Å². The predicted molar refractivity (Wildman–Crippen MR) is 70.8 cm³/mol. The Balaban J connectivity index is 1.98. The Morgan fingerprint density at radius 3 is 3.00 bits per heavy atom. The number of benzene rings is 1. The van der Waals surface area contributed by atoms with Crippen LogP contribution < -0.4 is 5.43 Å². The van der Waals surface area contributed by atoms with Crippen LogP contribution in [0.25, 0.3) is 0 Å². The summed E-state index contributed by atoms with van der Waals surface area (Å²) in [6.07, 6.45) is 1.60. The number of nitrogens with zero attached hydrogens (tertiary/aromatic N) is 1. The normalized spacial score (nSPS) is 10.6. The first-order valence-electron chi connectivity index (χ1n) is 4.87. The van der Waals surface area contributed by atoms with E-state index in [4.69, 9.17) is 11.6 Å². The fourth-order valence-corrected chi connectivity index (χ4v) is 2.01. The third kappa shape index (κ3) is 3.41. The lowest BCUT2D eigenvalue weighted by molar-refractivity contribution is 0.0955. The molecule has 0 saturated heterocycles. The quantitative estimate of drug-likeness (QED) is 0.671. The van der Waals surface area contributed by atoms with Crippen molar-refractivity contribution in [2.75, 3.05) is 0 Å². The van der Waals surface area contributed by atoms with E-state index in [1.807, 2.05) is 16.8 Å². The van der Waals surface area contributed by atoms with E-state index in [1.54, 1.807) is 41.8 Å². The highest BCUT2D eigenvalue weighted by Crippen LogP contribution is 2.10. The van der Waals surface area contributed by atoms with Gasteiger partial charge in [-0.15, -0.1) is 0 Å². The molecular formula is C12H9ClN2OS. The number of thiophene rings is 1. The number of hydrogen-bond acceptors (Lipinski definition) is 3. The number of carbonyl (C=O) groups excluding carboxylic acids is 1. The van der Waals surface area contributed by atoms with E-state index >= 15 is 0 Å². The zero-order valence-corrected chi connectivity index (χ0v) is 10.3. The average molecular weight is 265 g/mol. The Labute approximate surface area is 108 Å². The molecule has 2 rings (SSSR count). The van der Waals surface area contributed by atoms with E-state index < -0.39 is 0 Å². The van der Waals surface area contributed by atoms with Gasteiger partial charge in [0.2, 0.25) is 0 Å². The van der Waals surface area contributed by atoms with Crippen LogP contribution in [0.1, 0.15) is 15.9 Å². The van der Waals surface area contributed by atoms with Crippen molar-refractivity contribution in [3.8, 4) is 0 Å². The third-order valence-electron chi connectivity index (χ3n) is 2.01. The number of carbonyl (C=O) groups is 1. The molecule has 0 fully saturated rings. The van der Waals surface area contributed by atoms with Crippen LogP contribution in [-0.2, 0) is 0 Å². The van der Waals surface area contributed by atoms with Crippen LogP contribution >= 0.6 is 22.9 Å². The van der Waals surface area contributed by atoms with Crippen molar-refractivity contribution in [3.05, 3.63) is 57.2 Å². The summed E-state index contributed by atoms with van der Waals surface area (Å²) in [4.78, 5) is 11.6. The molecule has 0 aliphatic rings. The van der Waals surface area contributed by atoms with Gasteiger partial charge in [-0.1, -0.05) is 17.7 Å². The van der Waals surface area contributed by atoms with Crippen LogP contribution in [0.2, 0.25) is 5.02 Å². The van der Waals surface area contributed by atoms with Crippen molar-refractivity contribution < 1.29 is 4.79 Å². The number of rotatable bonds is 3. The lowest BCUT2D eigenvalue weighted by Crippen LogP contribution is -2.17. The fraction of sp³-hybridized carbons (Fsp3) is 0. The highest BCUT2D eigenvalue weighted by Gasteiger charge is 2.03. The van der Waals surface area contributed by atoms with E-state index in [0.29, 0.717) is 10.6 Å². The van der Waals surface area contributed by atoms with Gasteiger partial charge >= 0.3 is 0 Å². The predicted octanol–water partition coefficient (Wildman–Crippen LogP) is 3.17. The van der Waals surface area contributed by atoms with Gasteiger partial charge in [0.15, 0.2) is 0 Å². The minimum atomic E-state index is -0.279. The van der Waals surface area contributed by atoms with Gasteiger partial charge < -0.3 is 0 Å². The molecule has 0 spiro atoms. The van der Waals surface area contributed by atoms with Gasteiger partial charge in [0.25, 0.3) is 5.91 Å². The standard InChI is InChI=1S/C12H9ClN2OS/c13-11-3-1-2-10(6-11)12(16)15-14-7-9-4-5-17-8-9/h1-8H,(H,15,16). The molecule has 17 heavy (non-hydrogen) atoms. The summed E-state index contributed by atoms with van der Waals surface area (Å²) < 4.78 is 0. The summed E-state index contributed by atoms with van der Waals surface area (Å²) in [5.74, 6) is -0.279. The Morgan fingerprint density at radius 1 is 1.41 bits per heavy atom. The Kier molecular flexibility index (Phi) is 3.90. The molecule has 1 aromatic heterocycles. The maximum absolute atomic E-state index is 11.6. The minimum absolute atomic E-state index is 0.279. The second kappa shape index (κ2) is 5.61. The molecule has 1 amide bonds. The van der Waals surface area contributed by atoms with Gasteiger partial charge in [-0.3, -0.25) is 4.79 Å². The summed E-state index contributed by atoms with van der Waals surface area (Å²) in [5.41, 5.74) is 3.89. The lowest BCUT2D eigenvalue weighted by Gasteiger charge is -1.99. The molecule has 0 bridgehead atoms. The van der Waals surface area contributed by atoms with Gasteiger partial charge in [0.1, 0.15) is 0 Å². The third-order valence-corrected chi connectivity index (χ3v) is 2.95. The average Bonchev–Trinajstić information content (AvgIpc) is 2.82. The Hall–Kier alpha value is -1.65. The summed E-state index contributed by atoms with van der Waals surface area (Å²) in [6, 6.07) is 8.63. The summed E-state index contributed by atoms with van der Waals surface area (Å²) in [7, 11) is 0. The van der Waals surface area contributed by atoms with Crippen molar-refractivity contribution >= 4 is 35.1 Å². The zero-order valence-electron chi connectivity index (χ0n) is 8.76. The largest absolute Gasteiger partial charge is 0.271 e. The van der Waals surface area contributed by atoms with Gasteiger partial charge in [-0.25, -0.2) is 5.43 Å². The molecule has 3 nitrogen and oxygen atoms in total. The zero-order chi connectivity index (χ0) is 12.1. The van der Waals surface area contributed by atoms with Crippen LogP contribution in [0.3, 0.4) is 0 Å². The summed E-state index contributed by atoms with van der Waals surface area (Å²) in [6.45, 7) is 0. The molecule has 0 atom stereocenters. The van der Waals surface area contributed by atoms with Crippen LogP contribution in [-0.4, -0.2) is 12.1 Å². The summed E-state index contributed by atoms with van der Waals surface area (Å²) in [5, 5.41) is 8.27. The molecule has 0 radical (unpaired) electrons. The first-order chi connectivity index (χ1) is 8.25. The van der Waals surface area contributed by atoms with Crippen LogP contribution in [0.4, 0.5) is 0 Å². The van der Waals surface area contributed by atoms with Crippen molar-refractivity contribution in [1.29, 1.82) is 0 Å². The lowest BCUT2D eigenvalue weighted by atomic mass is 10.2. The van der Waals surface area contributed by atoms with Crippen molar-refractivity contribution in [2.45, 2.75) is 0 Å². The first-order valence-corrected chi connectivity index (χ1v) is 6.19. The molecule has 1 heterocycles. The first kappa shape index (κ1) is 11.8. The van der Waals surface area contributed by atoms with Crippen LogP contribution in [0.15, 0.2) is 46.2 Å². The number of halogens is 1. The van der Waals surface area contributed by atoms with Gasteiger partial charge in [0, 0.05) is 16.1 Å². The van der Waals surface area contributed by atoms with Gasteiger partial charge in [-0.2, -0.15) is 16.4 Å². The molecule has 86 valence electrons. The monoisotopic (exact) mass is 264 g/mol. The van der Waals surface area contributed by atoms with Crippen molar-refractivity contribution in [2.24, 2.45) is 5.10 Å². The molecular weight excluding hydrogens is 256 g/mol. The smallest absolute Gasteiger partial charge is 0.267 e. The molecule has 1 aromatic carbocycles. The van der Waals surface area contributed by atoms with E-state index in [9.17, 15) is 4.79 Å². The highest BCUT2D eigenvalue weighted by molar-refractivity contribution is 7.08. The molecule has 1 N–H and O–H groups in total. The molecule has 0 aliphatic carbocycles. The molecule has 5 heteroatoms. The maximum atomic E-state index is 11.6. The molecule has 2 aromatic rings. The topological polar surface area (TPSA) is 41.5 Å². The van der Waals surface area contributed by atoms with E-state index in [2.05, 4.69) is 10.5 Å². The SMILES string of the molecule is O=C(NN=Cc1ccsc1)c1cccc(Cl)c1. The second-order valence-electron chi connectivity index (χ2n) is 3.27. The second-order valence-corrected chi connectivity index (χ2v) is 4.48. The Bertz CT molecular complexity index is 537.